The summed E-state index contributed by atoms with van der Waals surface area (Å²) < 4.78 is 0. The number of allylic oxidation sites excluding steroid dienone is 1. The van der Waals surface area contributed by atoms with E-state index < -0.39 is 0 Å². The maximum atomic E-state index is 5.72. The lowest BCUT2D eigenvalue weighted by Crippen LogP contribution is -2.27. The largest absolute Gasteiger partial charge is 0.361 e. The van der Waals surface area contributed by atoms with Crippen LogP contribution in [0.25, 0.3) is 0 Å². The molecule has 0 radical (unpaired) electrons. The summed E-state index contributed by atoms with van der Waals surface area (Å²) in [6, 6.07) is 0.583. The summed E-state index contributed by atoms with van der Waals surface area (Å²) in [5, 5.41) is 2.15. The Morgan fingerprint density at radius 2 is 2.50 bits per heavy atom. The van der Waals surface area contributed by atoms with E-state index in [2.05, 4.69) is 24.2 Å². The fourth-order valence-electron chi connectivity index (χ4n) is 0.953. The predicted octanol–water partition coefficient (Wildman–Crippen LogP) is 2.48. The first-order chi connectivity index (χ1) is 4.75. The lowest BCUT2D eigenvalue weighted by molar-refractivity contribution is 0.339. The van der Waals surface area contributed by atoms with E-state index in [-0.39, 0.29) is 0 Å². The van der Waals surface area contributed by atoms with Crippen LogP contribution in [0.5, 0.6) is 0 Å². The highest BCUT2D eigenvalue weighted by Crippen LogP contribution is 2.25. The second-order valence-corrected chi connectivity index (χ2v) is 3.70. The van der Waals surface area contributed by atoms with Gasteiger partial charge in [0.25, 0.3) is 0 Å². The molecule has 1 nitrogen and oxygen atoms in total. The van der Waals surface area contributed by atoms with Crippen molar-refractivity contribution in [1.29, 1.82) is 0 Å². The molecule has 0 saturated carbocycles. The van der Waals surface area contributed by atoms with Crippen LogP contribution in [0, 0.1) is 0 Å². The molecule has 0 saturated heterocycles. The van der Waals surface area contributed by atoms with Crippen LogP contribution in [0.15, 0.2) is 11.1 Å². The van der Waals surface area contributed by atoms with Gasteiger partial charge in [-0.25, -0.2) is 0 Å². The lowest BCUT2D eigenvalue weighted by Gasteiger charge is -2.24. The molecule has 1 aliphatic heterocycles. The quantitative estimate of drug-likeness (QED) is 0.597. The predicted molar refractivity (Wildman–Crippen MR) is 48.2 cm³/mol. The average molecular weight is 178 g/mol. The molecular formula is C7H12ClNS. The summed E-state index contributed by atoms with van der Waals surface area (Å²) in [5.74, 6) is 1.71. The number of rotatable bonds is 2. The number of thioether (sulfide) groups is 1. The maximum Gasteiger partial charge on any atom is 0.0680 e. The van der Waals surface area contributed by atoms with Gasteiger partial charge in [-0.15, -0.1) is 23.4 Å². The molecule has 1 rings (SSSR count). The third kappa shape index (κ3) is 1.61. The zero-order valence-corrected chi connectivity index (χ0v) is 7.87. The Balaban J connectivity index is 2.54. The van der Waals surface area contributed by atoms with Gasteiger partial charge in [0.05, 0.1) is 11.8 Å². The second kappa shape index (κ2) is 3.54. The van der Waals surface area contributed by atoms with Crippen LogP contribution in [0.4, 0.5) is 0 Å². The van der Waals surface area contributed by atoms with Gasteiger partial charge in [-0.1, -0.05) is 0 Å². The van der Waals surface area contributed by atoms with Crippen LogP contribution < -0.4 is 0 Å². The van der Waals surface area contributed by atoms with Gasteiger partial charge >= 0.3 is 0 Å². The Morgan fingerprint density at radius 3 is 2.90 bits per heavy atom. The number of hydrogen-bond acceptors (Lipinski definition) is 2. The van der Waals surface area contributed by atoms with Gasteiger partial charge in [0.15, 0.2) is 0 Å². The van der Waals surface area contributed by atoms with Crippen molar-refractivity contribution >= 4 is 23.4 Å². The molecule has 0 bridgehead atoms. The van der Waals surface area contributed by atoms with E-state index in [1.54, 1.807) is 0 Å². The molecule has 0 aliphatic carbocycles. The van der Waals surface area contributed by atoms with E-state index in [4.69, 9.17) is 11.6 Å². The minimum absolute atomic E-state index is 0.583. The van der Waals surface area contributed by atoms with Crippen LogP contribution in [-0.4, -0.2) is 22.7 Å². The molecule has 0 aromatic heterocycles. The van der Waals surface area contributed by atoms with Crippen molar-refractivity contribution in [3.05, 3.63) is 11.1 Å². The van der Waals surface area contributed by atoms with E-state index in [0.29, 0.717) is 11.9 Å². The maximum absolute atomic E-state index is 5.72. The van der Waals surface area contributed by atoms with E-state index in [0.717, 1.165) is 5.88 Å². The highest BCUT2D eigenvalue weighted by molar-refractivity contribution is 8.02. The molecule has 1 heterocycles. The highest BCUT2D eigenvalue weighted by Gasteiger charge is 2.16. The smallest absolute Gasteiger partial charge is 0.0680 e. The van der Waals surface area contributed by atoms with Crippen molar-refractivity contribution in [3.63, 3.8) is 0 Å². The van der Waals surface area contributed by atoms with Crippen LogP contribution in [0.3, 0.4) is 0 Å². The van der Waals surface area contributed by atoms with Crippen molar-refractivity contribution in [1.82, 2.24) is 4.90 Å². The first-order valence-corrected chi connectivity index (χ1v) is 4.97. The monoisotopic (exact) mass is 177 g/mol. The second-order valence-electron chi connectivity index (χ2n) is 2.60. The van der Waals surface area contributed by atoms with Crippen molar-refractivity contribution in [2.24, 2.45) is 0 Å². The lowest BCUT2D eigenvalue weighted by atomic mass is 10.3. The molecule has 0 N–H and O–H groups in total. The van der Waals surface area contributed by atoms with Gasteiger partial charge in [0.1, 0.15) is 0 Å². The molecule has 0 atom stereocenters. The van der Waals surface area contributed by atoms with Gasteiger partial charge in [-0.2, -0.15) is 0 Å². The minimum atomic E-state index is 0.583. The zero-order chi connectivity index (χ0) is 7.56. The topological polar surface area (TPSA) is 3.24 Å². The third-order valence-corrected chi connectivity index (χ3v) is 2.70. The average Bonchev–Trinajstić information content (AvgIpc) is 2.33. The fourth-order valence-corrected chi connectivity index (χ4v) is 2.39. The van der Waals surface area contributed by atoms with Gasteiger partial charge in [0, 0.05) is 11.7 Å². The Kier molecular flexibility index (Phi) is 2.93. The van der Waals surface area contributed by atoms with Crippen molar-refractivity contribution in [3.8, 4) is 0 Å². The number of hydrogen-bond donors (Lipinski definition) is 0. The molecule has 0 amide bonds. The summed E-state index contributed by atoms with van der Waals surface area (Å²) in [7, 11) is 0. The molecule has 58 valence electrons. The number of alkyl halides is 1. The van der Waals surface area contributed by atoms with Crippen LogP contribution in [0.1, 0.15) is 13.8 Å². The van der Waals surface area contributed by atoms with Crippen LogP contribution in [-0.2, 0) is 0 Å². The normalized spacial score (nSPS) is 18.4. The Labute approximate surface area is 71.4 Å². The van der Waals surface area contributed by atoms with E-state index in [9.17, 15) is 0 Å². The zero-order valence-electron chi connectivity index (χ0n) is 6.30. The molecule has 0 fully saturated rings. The Bertz CT molecular complexity index is 145. The SMILES string of the molecule is CC(C)N1CSC=C1CCl. The summed E-state index contributed by atoms with van der Waals surface area (Å²) in [6.45, 7) is 4.37. The molecule has 0 unspecified atom stereocenters. The standard InChI is InChI=1S/C7H12ClNS/c1-6(2)9-5-10-4-7(9)3-8/h4,6H,3,5H2,1-2H3. The summed E-state index contributed by atoms with van der Waals surface area (Å²) >= 11 is 7.55. The van der Waals surface area contributed by atoms with Gasteiger partial charge in [-0.3, -0.25) is 0 Å². The van der Waals surface area contributed by atoms with Gasteiger partial charge in [-0.05, 0) is 19.3 Å². The summed E-state index contributed by atoms with van der Waals surface area (Å²) in [4.78, 5) is 2.32. The fraction of sp³-hybridized carbons (Fsp3) is 0.714. The van der Waals surface area contributed by atoms with Crippen LogP contribution >= 0.6 is 23.4 Å². The summed E-state index contributed by atoms with van der Waals surface area (Å²) in [5.41, 5.74) is 1.27. The molecular weight excluding hydrogens is 166 g/mol. The molecule has 1 aliphatic rings. The molecule has 0 aromatic carbocycles. The molecule has 0 aromatic rings. The molecule has 3 heteroatoms. The number of nitrogens with zero attached hydrogens (tertiary/aromatic N) is 1. The van der Waals surface area contributed by atoms with Gasteiger partial charge < -0.3 is 4.90 Å². The van der Waals surface area contributed by atoms with Crippen molar-refractivity contribution in [2.75, 3.05) is 11.8 Å². The number of halogens is 1. The van der Waals surface area contributed by atoms with Crippen molar-refractivity contribution < 1.29 is 0 Å². The minimum Gasteiger partial charge on any atom is -0.361 e. The third-order valence-electron chi connectivity index (χ3n) is 1.56. The van der Waals surface area contributed by atoms with E-state index in [1.165, 1.54) is 5.70 Å². The highest BCUT2D eigenvalue weighted by atomic mass is 35.5. The first-order valence-electron chi connectivity index (χ1n) is 3.39. The molecule has 10 heavy (non-hydrogen) atoms. The van der Waals surface area contributed by atoms with Crippen molar-refractivity contribution in [2.45, 2.75) is 19.9 Å². The summed E-state index contributed by atoms with van der Waals surface area (Å²) in [6.07, 6.45) is 0. The van der Waals surface area contributed by atoms with Gasteiger partial charge in [0.2, 0.25) is 0 Å². The van der Waals surface area contributed by atoms with E-state index in [1.807, 2.05) is 11.8 Å². The first kappa shape index (κ1) is 8.28. The Hall–Kier alpha value is 0.180. The van der Waals surface area contributed by atoms with Crippen LogP contribution in [0.2, 0.25) is 0 Å². The van der Waals surface area contributed by atoms with E-state index >= 15 is 0 Å². The molecule has 0 spiro atoms. The Morgan fingerprint density at radius 1 is 1.80 bits per heavy atom.